The van der Waals surface area contributed by atoms with E-state index in [0.717, 1.165) is 38.0 Å². The Balaban J connectivity index is 1.47. The number of likely N-dealkylation sites (tertiary alicyclic amines) is 1. The van der Waals surface area contributed by atoms with Gasteiger partial charge in [-0.25, -0.2) is 9.37 Å². The number of hydrogen-bond donors (Lipinski definition) is 1. The van der Waals surface area contributed by atoms with E-state index in [-0.39, 0.29) is 17.8 Å². The third-order valence-corrected chi connectivity index (χ3v) is 4.45. The van der Waals surface area contributed by atoms with Gasteiger partial charge < -0.3 is 5.32 Å². The predicted octanol–water partition coefficient (Wildman–Crippen LogP) is 3.27. The van der Waals surface area contributed by atoms with Crippen LogP contribution in [-0.4, -0.2) is 34.9 Å². The molecule has 1 aliphatic rings. The number of halogens is 2. The van der Waals surface area contributed by atoms with Gasteiger partial charge in [0.2, 0.25) is 0 Å². The number of hydrogen-bond acceptors (Lipinski definition) is 3. The summed E-state index contributed by atoms with van der Waals surface area (Å²) >= 11 is 5.80. The van der Waals surface area contributed by atoms with Crippen molar-refractivity contribution in [3.8, 4) is 0 Å². The van der Waals surface area contributed by atoms with E-state index in [1.807, 2.05) is 6.07 Å². The monoisotopic (exact) mass is 347 g/mol. The van der Waals surface area contributed by atoms with Crippen molar-refractivity contribution in [2.75, 3.05) is 13.1 Å². The molecule has 3 rings (SSSR count). The highest BCUT2D eigenvalue weighted by Gasteiger charge is 2.21. The van der Waals surface area contributed by atoms with E-state index in [1.54, 1.807) is 12.3 Å². The zero-order chi connectivity index (χ0) is 16.9. The van der Waals surface area contributed by atoms with E-state index in [0.29, 0.717) is 10.7 Å². The summed E-state index contributed by atoms with van der Waals surface area (Å²) in [5.74, 6) is -0.480. The van der Waals surface area contributed by atoms with Crippen LogP contribution < -0.4 is 5.32 Å². The average Bonchev–Trinajstić information content (AvgIpc) is 2.59. The molecule has 1 saturated heterocycles. The summed E-state index contributed by atoms with van der Waals surface area (Å²) < 4.78 is 12.9. The van der Waals surface area contributed by atoms with Gasteiger partial charge >= 0.3 is 0 Å². The molecule has 0 saturated carbocycles. The minimum absolute atomic E-state index is 0.143. The zero-order valence-corrected chi connectivity index (χ0v) is 14.0. The Morgan fingerprint density at radius 2 is 1.92 bits per heavy atom. The molecule has 0 radical (unpaired) electrons. The van der Waals surface area contributed by atoms with Gasteiger partial charge in [0.25, 0.3) is 5.91 Å². The fourth-order valence-electron chi connectivity index (χ4n) is 2.86. The standard InChI is InChI=1S/C18H19ClFN3O/c19-17-6-1-13(11-21-17)12-23-9-7-16(8-10-23)22-18(24)14-2-4-15(20)5-3-14/h1-6,11,16H,7-10,12H2,(H,22,24). The van der Waals surface area contributed by atoms with Crippen molar-refractivity contribution in [1.82, 2.24) is 15.2 Å². The zero-order valence-electron chi connectivity index (χ0n) is 13.2. The lowest BCUT2D eigenvalue weighted by Gasteiger charge is -2.32. The molecule has 24 heavy (non-hydrogen) atoms. The van der Waals surface area contributed by atoms with Crippen LogP contribution in [0.25, 0.3) is 0 Å². The first-order valence-electron chi connectivity index (χ1n) is 7.99. The van der Waals surface area contributed by atoms with Crippen molar-refractivity contribution < 1.29 is 9.18 Å². The first kappa shape index (κ1) is 16.9. The molecule has 2 aromatic rings. The molecule has 0 unspecified atom stereocenters. The fraction of sp³-hybridized carbons (Fsp3) is 0.333. The number of rotatable bonds is 4. The summed E-state index contributed by atoms with van der Waals surface area (Å²) in [6.07, 6.45) is 3.59. The molecule has 1 fully saturated rings. The van der Waals surface area contributed by atoms with Gasteiger partial charge in [-0.05, 0) is 48.7 Å². The molecular formula is C18H19ClFN3O. The molecule has 1 aliphatic heterocycles. The predicted molar refractivity (Wildman–Crippen MR) is 91.4 cm³/mol. The highest BCUT2D eigenvalue weighted by Crippen LogP contribution is 2.15. The Kier molecular flexibility index (Phi) is 5.43. The third-order valence-electron chi connectivity index (χ3n) is 4.22. The second-order valence-corrected chi connectivity index (χ2v) is 6.41. The van der Waals surface area contributed by atoms with E-state index in [9.17, 15) is 9.18 Å². The number of piperidine rings is 1. The van der Waals surface area contributed by atoms with Gasteiger partial charge in [-0.2, -0.15) is 0 Å². The van der Waals surface area contributed by atoms with Gasteiger partial charge in [-0.15, -0.1) is 0 Å². The summed E-state index contributed by atoms with van der Waals surface area (Å²) in [5, 5.41) is 3.53. The number of nitrogens with one attached hydrogen (secondary N) is 1. The molecule has 126 valence electrons. The molecule has 0 aliphatic carbocycles. The Morgan fingerprint density at radius 1 is 1.21 bits per heavy atom. The molecule has 0 atom stereocenters. The Morgan fingerprint density at radius 3 is 2.54 bits per heavy atom. The van der Waals surface area contributed by atoms with E-state index in [4.69, 9.17) is 11.6 Å². The van der Waals surface area contributed by atoms with Gasteiger partial charge in [-0.3, -0.25) is 9.69 Å². The molecule has 6 heteroatoms. The summed E-state index contributed by atoms with van der Waals surface area (Å²) in [7, 11) is 0. The van der Waals surface area contributed by atoms with Crippen LogP contribution in [0.2, 0.25) is 5.15 Å². The van der Waals surface area contributed by atoms with Crippen LogP contribution in [0.1, 0.15) is 28.8 Å². The van der Waals surface area contributed by atoms with Crippen molar-refractivity contribution in [1.29, 1.82) is 0 Å². The summed E-state index contributed by atoms with van der Waals surface area (Å²) in [4.78, 5) is 18.6. The first-order chi connectivity index (χ1) is 11.6. The quantitative estimate of drug-likeness (QED) is 0.863. The van der Waals surface area contributed by atoms with Gasteiger partial charge in [-0.1, -0.05) is 17.7 Å². The molecule has 0 bridgehead atoms. The minimum atomic E-state index is -0.337. The third kappa shape index (κ3) is 4.52. The molecule has 1 aromatic heterocycles. The number of amides is 1. The van der Waals surface area contributed by atoms with Crippen LogP contribution in [0, 0.1) is 5.82 Å². The Hall–Kier alpha value is -1.98. The second-order valence-electron chi connectivity index (χ2n) is 6.02. The molecule has 1 aromatic carbocycles. The molecule has 0 spiro atoms. The van der Waals surface area contributed by atoms with Crippen LogP contribution >= 0.6 is 11.6 Å². The number of carbonyl (C=O) groups is 1. The second kappa shape index (κ2) is 7.73. The number of aromatic nitrogens is 1. The maximum absolute atomic E-state index is 12.9. The molecular weight excluding hydrogens is 329 g/mol. The molecule has 1 amide bonds. The topological polar surface area (TPSA) is 45.2 Å². The maximum Gasteiger partial charge on any atom is 0.251 e. The summed E-state index contributed by atoms with van der Waals surface area (Å²) in [5.41, 5.74) is 1.62. The minimum Gasteiger partial charge on any atom is -0.349 e. The first-order valence-corrected chi connectivity index (χ1v) is 8.37. The van der Waals surface area contributed by atoms with Crippen LogP contribution in [0.4, 0.5) is 4.39 Å². The SMILES string of the molecule is O=C(NC1CCN(Cc2ccc(Cl)nc2)CC1)c1ccc(F)cc1. The van der Waals surface area contributed by atoms with Gasteiger partial charge in [0.15, 0.2) is 0 Å². The number of pyridine rings is 1. The highest BCUT2D eigenvalue weighted by molar-refractivity contribution is 6.29. The highest BCUT2D eigenvalue weighted by atomic mass is 35.5. The van der Waals surface area contributed by atoms with Crippen molar-refractivity contribution >= 4 is 17.5 Å². The van der Waals surface area contributed by atoms with E-state index >= 15 is 0 Å². The van der Waals surface area contributed by atoms with Crippen molar-refractivity contribution in [2.24, 2.45) is 0 Å². The lowest BCUT2D eigenvalue weighted by atomic mass is 10.0. The number of nitrogens with zero attached hydrogens (tertiary/aromatic N) is 2. The number of carbonyl (C=O) groups excluding carboxylic acids is 1. The van der Waals surface area contributed by atoms with Crippen molar-refractivity contribution in [2.45, 2.75) is 25.4 Å². The van der Waals surface area contributed by atoms with Crippen LogP contribution in [0.15, 0.2) is 42.6 Å². The van der Waals surface area contributed by atoms with Crippen LogP contribution in [-0.2, 0) is 6.54 Å². The van der Waals surface area contributed by atoms with E-state index in [2.05, 4.69) is 15.2 Å². The molecule has 1 N–H and O–H groups in total. The van der Waals surface area contributed by atoms with Gasteiger partial charge in [0.1, 0.15) is 11.0 Å². The summed E-state index contributed by atoms with van der Waals surface area (Å²) in [6.45, 7) is 2.66. The lowest BCUT2D eigenvalue weighted by Crippen LogP contribution is -2.44. The smallest absolute Gasteiger partial charge is 0.251 e. The fourth-order valence-corrected chi connectivity index (χ4v) is 2.98. The van der Waals surface area contributed by atoms with E-state index < -0.39 is 0 Å². The van der Waals surface area contributed by atoms with Crippen molar-refractivity contribution in [3.05, 3.63) is 64.7 Å². The largest absolute Gasteiger partial charge is 0.349 e. The Bertz CT molecular complexity index is 682. The normalized spacial score (nSPS) is 16.1. The van der Waals surface area contributed by atoms with Crippen LogP contribution in [0.5, 0.6) is 0 Å². The molecule has 2 heterocycles. The van der Waals surface area contributed by atoms with Crippen molar-refractivity contribution in [3.63, 3.8) is 0 Å². The molecule has 4 nitrogen and oxygen atoms in total. The Labute approximate surface area is 145 Å². The maximum atomic E-state index is 12.9. The summed E-state index contributed by atoms with van der Waals surface area (Å²) in [6, 6.07) is 9.56. The van der Waals surface area contributed by atoms with Gasteiger partial charge in [0, 0.05) is 37.4 Å². The number of benzene rings is 1. The lowest BCUT2D eigenvalue weighted by molar-refractivity contribution is 0.0909. The van der Waals surface area contributed by atoms with Gasteiger partial charge in [0.05, 0.1) is 0 Å². The van der Waals surface area contributed by atoms with E-state index in [1.165, 1.54) is 24.3 Å². The van der Waals surface area contributed by atoms with Crippen LogP contribution in [0.3, 0.4) is 0 Å². The average molecular weight is 348 g/mol.